The topological polar surface area (TPSA) is 106 Å². The van der Waals surface area contributed by atoms with Crippen LogP contribution >= 0.6 is 11.6 Å². The van der Waals surface area contributed by atoms with E-state index < -0.39 is 18.0 Å². The summed E-state index contributed by atoms with van der Waals surface area (Å²) in [6.07, 6.45) is 0.469. The predicted molar refractivity (Wildman–Crippen MR) is 107 cm³/mol. The molecule has 0 spiro atoms. The molecule has 8 nitrogen and oxygen atoms in total. The van der Waals surface area contributed by atoms with Crippen molar-refractivity contribution in [1.82, 2.24) is 10.9 Å². The summed E-state index contributed by atoms with van der Waals surface area (Å²) in [5, 5.41) is 3.31. The Morgan fingerprint density at radius 1 is 1.03 bits per heavy atom. The molecule has 152 valence electrons. The quantitative estimate of drug-likeness (QED) is 0.641. The number of nitrogens with one attached hydrogen (secondary N) is 3. The number of hydrogen-bond donors (Lipinski definition) is 3. The summed E-state index contributed by atoms with van der Waals surface area (Å²) in [7, 11) is 2.49. The third-order valence-electron chi connectivity index (χ3n) is 4.57. The molecule has 1 amide bonds. The minimum atomic E-state index is -0.633. The third-order valence-corrected chi connectivity index (χ3v) is 4.81. The van der Waals surface area contributed by atoms with Gasteiger partial charge in [0, 0.05) is 11.1 Å². The highest BCUT2D eigenvalue weighted by Crippen LogP contribution is 2.26. The molecule has 0 bridgehead atoms. The first-order valence-electron chi connectivity index (χ1n) is 8.81. The molecule has 3 rings (SSSR count). The standard InChI is InChI=1S/C20H20ClN3O5/c1-28-19(26)12-6-7-14(20(27)29-2)16(9-12)22-18(25)17-10-15(23-24-17)11-4-3-5-13(21)8-11/h3-9,15,17,23-24H,10H2,1-2H3,(H,22,25). The fourth-order valence-electron chi connectivity index (χ4n) is 3.07. The van der Waals surface area contributed by atoms with Crippen LogP contribution < -0.4 is 16.2 Å². The molecule has 9 heteroatoms. The summed E-state index contributed by atoms with van der Waals surface area (Å²) in [6, 6.07) is 10.9. The van der Waals surface area contributed by atoms with Crippen molar-refractivity contribution >= 4 is 35.1 Å². The number of amides is 1. The van der Waals surface area contributed by atoms with E-state index in [9.17, 15) is 14.4 Å². The Bertz CT molecular complexity index is 949. The Balaban J connectivity index is 1.77. The number of carbonyl (C=O) groups excluding carboxylic acids is 3. The molecule has 1 aliphatic heterocycles. The normalized spacial score (nSPS) is 18.2. The second-order valence-corrected chi connectivity index (χ2v) is 6.85. The van der Waals surface area contributed by atoms with E-state index in [1.165, 1.54) is 32.4 Å². The van der Waals surface area contributed by atoms with Crippen molar-refractivity contribution < 1.29 is 23.9 Å². The maximum Gasteiger partial charge on any atom is 0.339 e. The monoisotopic (exact) mass is 417 g/mol. The first-order chi connectivity index (χ1) is 13.9. The Labute approximate surface area is 172 Å². The van der Waals surface area contributed by atoms with Crippen LogP contribution in [0.25, 0.3) is 0 Å². The molecular formula is C20H20ClN3O5. The van der Waals surface area contributed by atoms with E-state index in [0.717, 1.165) is 5.56 Å². The van der Waals surface area contributed by atoms with Crippen LogP contribution in [0.3, 0.4) is 0 Å². The molecule has 2 aromatic carbocycles. The molecule has 0 aliphatic carbocycles. The van der Waals surface area contributed by atoms with Crippen molar-refractivity contribution in [3.8, 4) is 0 Å². The Kier molecular flexibility index (Phi) is 6.48. The highest BCUT2D eigenvalue weighted by atomic mass is 35.5. The van der Waals surface area contributed by atoms with Gasteiger partial charge in [-0.05, 0) is 42.3 Å². The van der Waals surface area contributed by atoms with Gasteiger partial charge in [-0.15, -0.1) is 0 Å². The number of carbonyl (C=O) groups is 3. The van der Waals surface area contributed by atoms with E-state index in [1.807, 2.05) is 18.2 Å². The highest BCUT2D eigenvalue weighted by molar-refractivity contribution is 6.30. The van der Waals surface area contributed by atoms with Crippen LogP contribution in [0.15, 0.2) is 42.5 Å². The minimum absolute atomic E-state index is 0.106. The number of benzene rings is 2. The van der Waals surface area contributed by atoms with E-state index >= 15 is 0 Å². The van der Waals surface area contributed by atoms with Crippen LogP contribution in [0.1, 0.15) is 38.7 Å². The predicted octanol–water partition coefficient (Wildman–Crippen LogP) is 2.46. The van der Waals surface area contributed by atoms with Crippen LogP contribution in [-0.2, 0) is 14.3 Å². The molecule has 1 heterocycles. The van der Waals surface area contributed by atoms with Gasteiger partial charge in [-0.1, -0.05) is 23.7 Å². The van der Waals surface area contributed by atoms with E-state index in [-0.39, 0.29) is 28.8 Å². The van der Waals surface area contributed by atoms with Gasteiger partial charge < -0.3 is 14.8 Å². The Hall–Kier alpha value is -2.94. The molecule has 1 fully saturated rings. The summed E-state index contributed by atoms with van der Waals surface area (Å²) in [6.45, 7) is 0. The largest absolute Gasteiger partial charge is 0.465 e. The molecule has 2 aromatic rings. The van der Waals surface area contributed by atoms with E-state index in [2.05, 4.69) is 16.2 Å². The lowest BCUT2D eigenvalue weighted by atomic mass is 10.0. The molecule has 0 radical (unpaired) electrons. The maximum atomic E-state index is 12.8. The van der Waals surface area contributed by atoms with Crippen molar-refractivity contribution in [2.75, 3.05) is 19.5 Å². The van der Waals surface area contributed by atoms with Crippen LogP contribution in [0.5, 0.6) is 0 Å². The number of esters is 2. The van der Waals surface area contributed by atoms with Gasteiger partial charge in [0.15, 0.2) is 0 Å². The van der Waals surface area contributed by atoms with Crippen molar-refractivity contribution in [2.24, 2.45) is 0 Å². The molecular weight excluding hydrogens is 398 g/mol. The molecule has 0 aromatic heterocycles. The summed E-state index contributed by atoms with van der Waals surface area (Å²) >= 11 is 6.03. The van der Waals surface area contributed by atoms with Gasteiger partial charge in [-0.3, -0.25) is 4.79 Å². The highest BCUT2D eigenvalue weighted by Gasteiger charge is 2.31. The molecule has 2 atom stereocenters. The summed E-state index contributed by atoms with van der Waals surface area (Å²) in [4.78, 5) is 36.6. The summed E-state index contributed by atoms with van der Waals surface area (Å²) < 4.78 is 9.44. The lowest BCUT2D eigenvalue weighted by molar-refractivity contribution is -0.117. The molecule has 2 unspecified atom stereocenters. The zero-order valence-electron chi connectivity index (χ0n) is 15.8. The van der Waals surface area contributed by atoms with Crippen molar-refractivity contribution in [2.45, 2.75) is 18.5 Å². The molecule has 1 aliphatic rings. The molecule has 3 N–H and O–H groups in total. The molecule has 0 saturated carbocycles. The maximum absolute atomic E-state index is 12.8. The zero-order chi connectivity index (χ0) is 21.0. The number of rotatable bonds is 5. The first-order valence-corrected chi connectivity index (χ1v) is 9.18. The lowest BCUT2D eigenvalue weighted by Gasteiger charge is -2.14. The van der Waals surface area contributed by atoms with Crippen LogP contribution in [0.4, 0.5) is 5.69 Å². The zero-order valence-corrected chi connectivity index (χ0v) is 16.6. The fourth-order valence-corrected chi connectivity index (χ4v) is 3.27. The average Bonchev–Trinajstić information content (AvgIpc) is 3.23. The SMILES string of the molecule is COC(=O)c1ccc(C(=O)OC)c(NC(=O)C2CC(c3cccc(Cl)c3)NN2)c1. The number of hydrogen-bond acceptors (Lipinski definition) is 7. The van der Waals surface area contributed by atoms with Crippen LogP contribution in [-0.4, -0.2) is 38.1 Å². The summed E-state index contributed by atoms with van der Waals surface area (Å²) in [5.41, 5.74) is 7.45. The van der Waals surface area contributed by atoms with E-state index in [4.69, 9.17) is 21.1 Å². The van der Waals surface area contributed by atoms with Crippen molar-refractivity contribution in [3.63, 3.8) is 0 Å². The number of ether oxygens (including phenoxy) is 2. The van der Waals surface area contributed by atoms with Crippen molar-refractivity contribution in [1.29, 1.82) is 0 Å². The van der Waals surface area contributed by atoms with Gasteiger partial charge in [0.2, 0.25) is 5.91 Å². The van der Waals surface area contributed by atoms with Crippen molar-refractivity contribution in [3.05, 3.63) is 64.2 Å². The van der Waals surface area contributed by atoms with Gasteiger partial charge >= 0.3 is 11.9 Å². The number of halogens is 1. The van der Waals surface area contributed by atoms with Gasteiger partial charge in [-0.25, -0.2) is 20.4 Å². The smallest absolute Gasteiger partial charge is 0.339 e. The van der Waals surface area contributed by atoms with E-state index in [0.29, 0.717) is 11.4 Å². The molecule has 1 saturated heterocycles. The molecule has 29 heavy (non-hydrogen) atoms. The average molecular weight is 418 g/mol. The number of anilines is 1. The Morgan fingerprint density at radius 3 is 2.48 bits per heavy atom. The fraction of sp³-hybridized carbons (Fsp3) is 0.250. The lowest BCUT2D eigenvalue weighted by Crippen LogP contribution is -2.39. The Morgan fingerprint density at radius 2 is 1.79 bits per heavy atom. The third kappa shape index (κ3) is 4.73. The van der Waals surface area contributed by atoms with Gasteiger partial charge in [0.05, 0.1) is 31.0 Å². The van der Waals surface area contributed by atoms with Crippen LogP contribution in [0, 0.1) is 0 Å². The second-order valence-electron chi connectivity index (χ2n) is 6.42. The van der Waals surface area contributed by atoms with Gasteiger partial charge in [-0.2, -0.15) is 0 Å². The summed E-state index contributed by atoms with van der Waals surface area (Å²) in [5.74, 6) is -1.58. The van der Waals surface area contributed by atoms with Gasteiger partial charge in [0.1, 0.15) is 6.04 Å². The van der Waals surface area contributed by atoms with E-state index in [1.54, 1.807) is 6.07 Å². The van der Waals surface area contributed by atoms with Crippen LogP contribution in [0.2, 0.25) is 5.02 Å². The number of methoxy groups -OCH3 is 2. The first kappa shape index (κ1) is 20.8. The minimum Gasteiger partial charge on any atom is -0.465 e. The van der Waals surface area contributed by atoms with Gasteiger partial charge in [0.25, 0.3) is 0 Å². The number of hydrazine groups is 1. The second kappa shape index (κ2) is 9.04.